The number of piperidine rings is 1. The third-order valence-corrected chi connectivity index (χ3v) is 2.90. The van der Waals surface area contributed by atoms with E-state index in [0.29, 0.717) is 12.1 Å². The lowest BCUT2D eigenvalue weighted by Crippen LogP contribution is -2.67. The minimum Gasteiger partial charge on any atom is -0.354 e. The minimum absolute atomic E-state index is 0.663. The van der Waals surface area contributed by atoms with Gasteiger partial charge >= 0.3 is 0 Å². The number of fused-ring (bicyclic) bond motifs is 2. The van der Waals surface area contributed by atoms with Gasteiger partial charge in [0.05, 0.1) is 0 Å². The van der Waals surface area contributed by atoms with Gasteiger partial charge in [-0.2, -0.15) is 0 Å². The van der Waals surface area contributed by atoms with Gasteiger partial charge in [0.2, 0.25) is 0 Å². The molecule has 3 rings (SSSR count). The molecule has 4 heteroatoms. The Bertz CT molecular complexity index is 279. The molecule has 3 heterocycles. The van der Waals surface area contributed by atoms with E-state index in [9.17, 15) is 0 Å². The summed E-state index contributed by atoms with van der Waals surface area (Å²) in [5.41, 5.74) is 0. The lowest BCUT2D eigenvalue weighted by molar-refractivity contribution is 0.128. The summed E-state index contributed by atoms with van der Waals surface area (Å²) in [6.07, 6.45) is 4.97. The molecule has 3 aliphatic rings. The highest BCUT2D eigenvalue weighted by molar-refractivity contribution is 5.93. The molecule has 0 aromatic heterocycles. The molecule has 3 saturated heterocycles. The van der Waals surface area contributed by atoms with Gasteiger partial charge < -0.3 is 10.2 Å². The summed E-state index contributed by atoms with van der Waals surface area (Å²) < 4.78 is 0. The van der Waals surface area contributed by atoms with Crippen LogP contribution in [0.4, 0.5) is 0 Å². The Kier molecular flexibility index (Phi) is 3.16. The zero-order chi connectivity index (χ0) is 10.7. The maximum atomic E-state index is 4.48. The topological polar surface area (TPSA) is 40.0 Å². The van der Waals surface area contributed by atoms with E-state index in [2.05, 4.69) is 33.8 Å². The molecule has 2 bridgehead atoms. The first-order valence-corrected chi connectivity index (χ1v) is 5.51. The quantitative estimate of drug-likeness (QED) is 0.544. The lowest BCUT2D eigenvalue weighted by atomic mass is 9.91. The molecule has 1 N–H and O–H groups in total. The number of piperazine rings is 1. The maximum absolute atomic E-state index is 4.48. The second-order valence-corrected chi connectivity index (χ2v) is 4.03. The van der Waals surface area contributed by atoms with Gasteiger partial charge in [-0.1, -0.05) is 0 Å². The van der Waals surface area contributed by atoms with Crippen LogP contribution in [0.1, 0.15) is 13.3 Å². The fourth-order valence-corrected chi connectivity index (χ4v) is 2.24. The van der Waals surface area contributed by atoms with E-state index in [1.54, 1.807) is 6.20 Å². The molecule has 2 atom stereocenters. The number of amidine groups is 1. The average molecular weight is 206 g/mol. The normalized spacial score (nSPS) is 30.5. The van der Waals surface area contributed by atoms with Crippen LogP contribution in [0.25, 0.3) is 0 Å². The van der Waals surface area contributed by atoms with E-state index in [1.165, 1.54) is 6.42 Å². The van der Waals surface area contributed by atoms with Crippen molar-refractivity contribution in [2.75, 3.05) is 19.6 Å². The average Bonchev–Trinajstić information content (AvgIpc) is 2.23. The minimum atomic E-state index is 0.663. The monoisotopic (exact) mass is 206 g/mol. The Morgan fingerprint density at radius 1 is 1.53 bits per heavy atom. The van der Waals surface area contributed by atoms with Gasteiger partial charge in [0.25, 0.3) is 0 Å². The van der Waals surface area contributed by atoms with Gasteiger partial charge in [0, 0.05) is 37.9 Å². The van der Waals surface area contributed by atoms with Crippen LogP contribution in [-0.4, -0.2) is 49.2 Å². The van der Waals surface area contributed by atoms with Crippen molar-refractivity contribution in [3.8, 4) is 0 Å². The van der Waals surface area contributed by atoms with Crippen LogP contribution in [0.15, 0.2) is 22.3 Å². The summed E-state index contributed by atoms with van der Waals surface area (Å²) in [6, 6.07) is 1.33. The molecule has 82 valence electrons. The molecule has 3 fully saturated rings. The SMILES string of the molecule is C=N/C=C\C(=NCC)N1CC2CC(C1)N2. The van der Waals surface area contributed by atoms with E-state index in [-0.39, 0.29) is 0 Å². The van der Waals surface area contributed by atoms with Crippen molar-refractivity contribution < 1.29 is 0 Å². The van der Waals surface area contributed by atoms with E-state index in [0.717, 1.165) is 25.5 Å². The maximum Gasteiger partial charge on any atom is 0.125 e. The Hall–Kier alpha value is -1.16. The molecule has 0 saturated carbocycles. The van der Waals surface area contributed by atoms with Crippen molar-refractivity contribution >= 4 is 12.6 Å². The van der Waals surface area contributed by atoms with E-state index in [1.807, 2.05) is 6.08 Å². The van der Waals surface area contributed by atoms with E-state index < -0.39 is 0 Å². The standard InChI is InChI=1S/C11H18N4/c1-3-13-11(4-5-12-2)15-7-9-6-10(8-15)14-9/h4-5,9-10,14H,2-3,6-8H2,1H3/b5-4-,13-11?. The van der Waals surface area contributed by atoms with E-state index in [4.69, 9.17) is 0 Å². The predicted molar refractivity (Wildman–Crippen MR) is 63.6 cm³/mol. The predicted octanol–water partition coefficient (Wildman–Crippen LogP) is 0.665. The Morgan fingerprint density at radius 3 is 2.73 bits per heavy atom. The van der Waals surface area contributed by atoms with Crippen LogP contribution >= 0.6 is 0 Å². The third kappa shape index (κ3) is 2.26. The highest BCUT2D eigenvalue weighted by Crippen LogP contribution is 2.21. The highest BCUT2D eigenvalue weighted by atomic mass is 15.3. The third-order valence-electron chi connectivity index (χ3n) is 2.90. The number of nitrogens with one attached hydrogen (secondary N) is 1. The van der Waals surface area contributed by atoms with Gasteiger partial charge in [-0.05, 0) is 26.1 Å². The number of hydrogen-bond acceptors (Lipinski definition) is 3. The number of nitrogens with zero attached hydrogens (tertiary/aromatic N) is 3. The number of aliphatic imine (C=N–C) groups is 2. The van der Waals surface area contributed by atoms with Gasteiger partial charge in [-0.3, -0.25) is 9.98 Å². The van der Waals surface area contributed by atoms with Crippen molar-refractivity contribution in [1.29, 1.82) is 0 Å². The molecule has 0 spiro atoms. The van der Waals surface area contributed by atoms with Crippen molar-refractivity contribution in [3.63, 3.8) is 0 Å². The summed E-state index contributed by atoms with van der Waals surface area (Å²) in [6.45, 7) is 8.44. The summed E-state index contributed by atoms with van der Waals surface area (Å²) in [7, 11) is 0. The first-order chi connectivity index (χ1) is 7.33. The highest BCUT2D eigenvalue weighted by Gasteiger charge is 2.36. The first kappa shape index (κ1) is 10.4. The molecule has 15 heavy (non-hydrogen) atoms. The Balaban J connectivity index is 2.01. The van der Waals surface area contributed by atoms with Crippen LogP contribution in [0.5, 0.6) is 0 Å². The van der Waals surface area contributed by atoms with Crippen LogP contribution in [0.2, 0.25) is 0 Å². The van der Waals surface area contributed by atoms with Crippen LogP contribution in [-0.2, 0) is 0 Å². The largest absolute Gasteiger partial charge is 0.354 e. The molecule has 2 unspecified atom stereocenters. The summed E-state index contributed by atoms with van der Waals surface area (Å²) in [5, 5.41) is 3.51. The number of rotatable bonds is 3. The second kappa shape index (κ2) is 4.57. The van der Waals surface area contributed by atoms with Gasteiger partial charge in [0.1, 0.15) is 5.84 Å². The molecule has 0 radical (unpaired) electrons. The smallest absolute Gasteiger partial charge is 0.125 e. The van der Waals surface area contributed by atoms with Crippen molar-refractivity contribution in [3.05, 3.63) is 12.3 Å². The van der Waals surface area contributed by atoms with E-state index >= 15 is 0 Å². The molecule has 0 aromatic rings. The zero-order valence-electron chi connectivity index (χ0n) is 9.19. The van der Waals surface area contributed by atoms with Crippen LogP contribution < -0.4 is 5.32 Å². The first-order valence-electron chi connectivity index (χ1n) is 5.51. The van der Waals surface area contributed by atoms with Gasteiger partial charge in [0.15, 0.2) is 0 Å². The molecule has 0 amide bonds. The van der Waals surface area contributed by atoms with Crippen molar-refractivity contribution in [1.82, 2.24) is 10.2 Å². The summed E-state index contributed by atoms with van der Waals surface area (Å²) in [5.74, 6) is 1.04. The molecule has 4 nitrogen and oxygen atoms in total. The Morgan fingerprint density at radius 2 is 2.20 bits per heavy atom. The summed E-state index contributed by atoms with van der Waals surface area (Å²) in [4.78, 5) is 10.5. The second-order valence-electron chi connectivity index (χ2n) is 4.03. The summed E-state index contributed by atoms with van der Waals surface area (Å²) >= 11 is 0. The molecule has 0 aromatic carbocycles. The molecule has 0 aliphatic carbocycles. The molecular formula is C11H18N4. The van der Waals surface area contributed by atoms with Crippen molar-refractivity contribution in [2.24, 2.45) is 9.98 Å². The fourth-order valence-electron chi connectivity index (χ4n) is 2.24. The van der Waals surface area contributed by atoms with Crippen LogP contribution in [0, 0.1) is 0 Å². The van der Waals surface area contributed by atoms with Crippen molar-refractivity contribution in [2.45, 2.75) is 25.4 Å². The molecule has 3 aliphatic heterocycles. The van der Waals surface area contributed by atoms with Crippen LogP contribution in [0.3, 0.4) is 0 Å². The fraction of sp³-hybridized carbons (Fsp3) is 0.636. The van der Waals surface area contributed by atoms with Gasteiger partial charge in [-0.25, -0.2) is 0 Å². The molecular weight excluding hydrogens is 188 g/mol. The number of hydrogen-bond donors (Lipinski definition) is 1. The Labute approximate surface area is 90.8 Å². The lowest BCUT2D eigenvalue weighted by Gasteiger charge is -2.49. The zero-order valence-corrected chi connectivity index (χ0v) is 9.19. The van der Waals surface area contributed by atoms with Gasteiger partial charge in [-0.15, -0.1) is 0 Å².